The summed E-state index contributed by atoms with van der Waals surface area (Å²) in [4.78, 5) is 19.3. The van der Waals surface area contributed by atoms with E-state index in [9.17, 15) is 4.79 Å². The molecule has 5 nitrogen and oxygen atoms in total. The molecular weight excluding hydrogens is 346 g/mol. The van der Waals surface area contributed by atoms with E-state index in [2.05, 4.69) is 11.9 Å². The molecule has 1 amide bonds. The Balaban J connectivity index is 1.65. The Morgan fingerprint density at radius 2 is 2.15 bits per heavy atom. The molecule has 0 spiro atoms. The Morgan fingerprint density at radius 3 is 2.85 bits per heavy atom. The number of aromatic nitrogens is 1. The number of piperidine rings is 1. The third-order valence-corrected chi connectivity index (χ3v) is 5.81. The molecule has 2 N–H and O–H groups in total. The van der Waals surface area contributed by atoms with Crippen molar-refractivity contribution in [3.8, 4) is 16.3 Å². The lowest BCUT2D eigenvalue weighted by atomic mass is 9.92. The second-order valence-electron chi connectivity index (χ2n) is 6.88. The Kier molecular flexibility index (Phi) is 6.27. The first kappa shape index (κ1) is 18.9. The lowest BCUT2D eigenvalue weighted by molar-refractivity contribution is -0.134. The second kappa shape index (κ2) is 8.64. The minimum atomic E-state index is 0.135. The minimum absolute atomic E-state index is 0.135. The molecule has 1 aliphatic rings. The summed E-state index contributed by atoms with van der Waals surface area (Å²) in [5.74, 6) is 1.63. The highest BCUT2D eigenvalue weighted by atomic mass is 32.1. The van der Waals surface area contributed by atoms with E-state index in [1.54, 1.807) is 11.3 Å². The van der Waals surface area contributed by atoms with Crippen LogP contribution in [0, 0.1) is 5.92 Å². The molecule has 2 atom stereocenters. The fourth-order valence-corrected chi connectivity index (χ4v) is 4.27. The third-order valence-electron chi connectivity index (χ3n) is 4.87. The molecule has 2 aromatic rings. The number of amides is 1. The first-order valence-electron chi connectivity index (χ1n) is 9.27. The maximum absolute atomic E-state index is 12.7. The van der Waals surface area contributed by atoms with E-state index in [0.717, 1.165) is 41.4 Å². The topological polar surface area (TPSA) is 68.5 Å². The molecule has 1 aromatic heterocycles. The van der Waals surface area contributed by atoms with E-state index < -0.39 is 0 Å². The standard InChI is InChI=1S/C20H27N3O2S/c1-3-25-18-6-4-15(5-7-18)20-22-16(13-26-20)11-19(24)23-9-8-14(2)10-17(23)12-21/h4-7,13-14,17H,3,8-12,21H2,1-2H3. The van der Waals surface area contributed by atoms with Crippen molar-refractivity contribution in [1.29, 1.82) is 0 Å². The van der Waals surface area contributed by atoms with Gasteiger partial charge in [0.1, 0.15) is 10.8 Å². The number of rotatable bonds is 6. The molecule has 2 unspecified atom stereocenters. The van der Waals surface area contributed by atoms with Gasteiger partial charge in [0, 0.05) is 30.1 Å². The maximum atomic E-state index is 12.7. The average Bonchev–Trinajstić information content (AvgIpc) is 3.10. The van der Waals surface area contributed by atoms with Crippen molar-refractivity contribution in [3.05, 3.63) is 35.3 Å². The van der Waals surface area contributed by atoms with Crippen molar-refractivity contribution in [2.75, 3.05) is 19.7 Å². The van der Waals surface area contributed by atoms with Crippen molar-refractivity contribution < 1.29 is 9.53 Å². The summed E-state index contributed by atoms with van der Waals surface area (Å²) in [7, 11) is 0. The number of nitrogens with zero attached hydrogens (tertiary/aromatic N) is 2. The largest absolute Gasteiger partial charge is 0.494 e. The number of hydrogen-bond acceptors (Lipinski definition) is 5. The van der Waals surface area contributed by atoms with Gasteiger partial charge in [-0.15, -0.1) is 11.3 Å². The molecule has 2 heterocycles. The Bertz CT molecular complexity index is 729. The van der Waals surface area contributed by atoms with Gasteiger partial charge in [0.25, 0.3) is 0 Å². The SMILES string of the molecule is CCOc1ccc(-c2nc(CC(=O)N3CCC(C)CC3CN)cs2)cc1. The van der Waals surface area contributed by atoms with Crippen molar-refractivity contribution in [2.24, 2.45) is 11.7 Å². The van der Waals surface area contributed by atoms with Gasteiger partial charge in [-0.3, -0.25) is 4.79 Å². The lowest BCUT2D eigenvalue weighted by Gasteiger charge is -2.38. The van der Waals surface area contributed by atoms with Crippen molar-refractivity contribution in [3.63, 3.8) is 0 Å². The molecule has 140 valence electrons. The highest BCUT2D eigenvalue weighted by Gasteiger charge is 2.29. The van der Waals surface area contributed by atoms with E-state index in [1.807, 2.05) is 41.5 Å². The van der Waals surface area contributed by atoms with Gasteiger partial charge in [0.15, 0.2) is 0 Å². The van der Waals surface area contributed by atoms with Crippen LogP contribution in [0.4, 0.5) is 0 Å². The van der Waals surface area contributed by atoms with Crippen molar-refractivity contribution in [1.82, 2.24) is 9.88 Å². The van der Waals surface area contributed by atoms with Crippen molar-refractivity contribution in [2.45, 2.75) is 39.2 Å². The predicted octanol–water partition coefficient (Wildman–Crippen LogP) is 3.34. The van der Waals surface area contributed by atoms with Crippen LogP contribution in [0.25, 0.3) is 10.6 Å². The van der Waals surface area contributed by atoms with Gasteiger partial charge in [-0.1, -0.05) is 6.92 Å². The summed E-state index contributed by atoms with van der Waals surface area (Å²) in [6.07, 6.45) is 2.39. The molecule has 0 radical (unpaired) electrons. The number of likely N-dealkylation sites (tertiary alicyclic amines) is 1. The summed E-state index contributed by atoms with van der Waals surface area (Å²) < 4.78 is 5.47. The highest BCUT2D eigenvalue weighted by Crippen LogP contribution is 2.27. The Morgan fingerprint density at radius 1 is 1.38 bits per heavy atom. The molecule has 0 aliphatic carbocycles. The molecule has 0 saturated carbocycles. The summed E-state index contributed by atoms with van der Waals surface area (Å²) in [5, 5.41) is 2.91. The second-order valence-corrected chi connectivity index (χ2v) is 7.74. The number of nitrogens with two attached hydrogens (primary N) is 1. The van der Waals surface area contributed by atoms with Crippen LogP contribution in [0.1, 0.15) is 32.4 Å². The zero-order valence-corrected chi connectivity index (χ0v) is 16.3. The quantitative estimate of drug-likeness (QED) is 0.843. The van der Waals surface area contributed by atoms with E-state index in [-0.39, 0.29) is 11.9 Å². The van der Waals surface area contributed by atoms with Gasteiger partial charge in [-0.25, -0.2) is 4.98 Å². The van der Waals surface area contributed by atoms with Gasteiger partial charge in [-0.05, 0) is 49.9 Å². The van der Waals surface area contributed by atoms with E-state index >= 15 is 0 Å². The summed E-state index contributed by atoms with van der Waals surface area (Å²) in [5.41, 5.74) is 7.76. The van der Waals surface area contributed by atoms with E-state index in [0.29, 0.717) is 25.5 Å². The molecule has 1 saturated heterocycles. The molecule has 26 heavy (non-hydrogen) atoms. The number of ether oxygens (including phenoxy) is 1. The Labute approximate surface area is 159 Å². The molecule has 6 heteroatoms. The number of thiazole rings is 1. The number of benzene rings is 1. The fraction of sp³-hybridized carbons (Fsp3) is 0.500. The van der Waals surface area contributed by atoms with Gasteiger partial charge < -0.3 is 15.4 Å². The fourth-order valence-electron chi connectivity index (χ4n) is 3.44. The summed E-state index contributed by atoms with van der Waals surface area (Å²) in [6, 6.07) is 8.07. The van der Waals surface area contributed by atoms with E-state index in [4.69, 9.17) is 10.5 Å². The normalized spacial score (nSPS) is 20.2. The van der Waals surface area contributed by atoms with Gasteiger partial charge >= 0.3 is 0 Å². The van der Waals surface area contributed by atoms with Crippen LogP contribution in [0.3, 0.4) is 0 Å². The van der Waals surface area contributed by atoms with E-state index in [1.165, 1.54) is 0 Å². The van der Waals surface area contributed by atoms with Crippen LogP contribution < -0.4 is 10.5 Å². The maximum Gasteiger partial charge on any atom is 0.228 e. The number of hydrogen-bond donors (Lipinski definition) is 1. The summed E-state index contributed by atoms with van der Waals surface area (Å²) >= 11 is 1.57. The Hall–Kier alpha value is -1.92. The van der Waals surface area contributed by atoms with Crippen molar-refractivity contribution >= 4 is 17.2 Å². The van der Waals surface area contributed by atoms with Crippen LogP contribution >= 0.6 is 11.3 Å². The average molecular weight is 374 g/mol. The molecule has 1 fully saturated rings. The van der Waals surface area contributed by atoms with Crippen LogP contribution in [-0.2, 0) is 11.2 Å². The molecule has 1 aliphatic heterocycles. The summed E-state index contributed by atoms with van der Waals surface area (Å²) in [6.45, 7) is 6.19. The first-order valence-corrected chi connectivity index (χ1v) is 10.2. The highest BCUT2D eigenvalue weighted by molar-refractivity contribution is 7.13. The first-order chi connectivity index (χ1) is 12.6. The number of carbonyl (C=O) groups excluding carboxylic acids is 1. The van der Waals surface area contributed by atoms with Crippen LogP contribution in [0.2, 0.25) is 0 Å². The monoisotopic (exact) mass is 373 g/mol. The van der Waals surface area contributed by atoms with Gasteiger partial charge in [-0.2, -0.15) is 0 Å². The van der Waals surface area contributed by atoms with Crippen LogP contribution in [0.5, 0.6) is 5.75 Å². The molecule has 3 rings (SSSR count). The predicted molar refractivity (Wildman–Crippen MR) is 105 cm³/mol. The van der Waals surface area contributed by atoms with Crippen LogP contribution in [0.15, 0.2) is 29.6 Å². The van der Waals surface area contributed by atoms with Gasteiger partial charge in [0.05, 0.1) is 18.7 Å². The lowest BCUT2D eigenvalue weighted by Crippen LogP contribution is -2.49. The molecule has 0 bridgehead atoms. The number of carbonyl (C=O) groups is 1. The zero-order chi connectivity index (χ0) is 18.5. The minimum Gasteiger partial charge on any atom is -0.494 e. The molecular formula is C20H27N3O2S. The van der Waals surface area contributed by atoms with Crippen LogP contribution in [-0.4, -0.2) is 41.5 Å². The van der Waals surface area contributed by atoms with Gasteiger partial charge in [0.2, 0.25) is 5.91 Å². The smallest absolute Gasteiger partial charge is 0.228 e. The molecule has 1 aromatic carbocycles. The zero-order valence-electron chi connectivity index (χ0n) is 15.5. The third kappa shape index (κ3) is 4.43.